The highest BCUT2D eigenvalue weighted by Gasteiger charge is 2.11. The third-order valence-electron chi connectivity index (χ3n) is 4.90. The summed E-state index contributed by atoms with van der Waals surface area (Å²) in [5.74, 6) is -0.247. The summed E-state index contributed by atoms with van der Waals surface area (Å²) in [6, 6.07) is 12.5. The molecule has 0 heterocycles. The van der Waals surface area contributed by atoms with Crippen molar-refractivity contribution >= 4 is 18.0 Å². The summed E-state index contributed by atoms with van der Waals surface area (Å²) in [5, 5.41) is 17.9. The van der Waals surface area contributed by atoms with Gasteiger partial charge in [-0.1, -0.05) is 42.8 Å². The summed E-state index contributed by atoms with van der Waals surface area (Å²) >= 11 is 0. The first-order valence-electron chi connectivity index (χ1n) is 9.87. The summed E-state index contributed by atoms with van der Waals surface area (Å²) in [7, 11) is 3.19. The van der Waals surface area contributed by atoms with E-state index in [9.17, 15) is 9.59 Å². The van der Waals surface area contributed by atoms with Crippen molar-refractivity contribution in [3.63, 3.8) is 0 Å². The van der Waals surface area contributed by atoms with Crippen molar-refractivity contribution < 1.29 is 29.3 Å². The van der Waals surface area contributed by atoms with Gasteiger partial charge in [-0.2, -0.15) is 0 Å². The molecule has 0 amide bonds. The highest BCUT2D eigenvalue weighted by atomic mass is 16.5. The van der Waals surface area contributed by atoms with Crippen molar-refractivity contribution in [2.45, 2.75) is 32.1 Å². The molecule has 0 fully saturated rings. The normalized spacial score (nSPS) is 11.9. The minimum absolute atomic E-state index is 0.160. The molecule has 6 nitrogen and oxygen atoms in total. The molecular formula is C24H28O6. The van der Waals surface area contributed by atoms with Crippen molar-refractivity contribution in [1.29, 1.82) is 0 Å². The first kappa shape index (κ1) is 23.0. The summed E-state index contributed by atoms with van der Waals surface area (Å²) in [6.07, 6.45) is 7.24. The van der Waals surface area contributed by atoms with E-state index in [2.05, 4.69) is 6.08 Å². The van der Waals surface area contributed by atoms with E-state index in [4.69, 9.17) is 19.7 Å². The van der Waals surface area contributed by atoms with Crippen LogP contribution in [0.15, 0.2) is 48.5 Å². The molecular weight excluding hydrogens is 384 g/mol. The van der Waals surface area contributed by atoms with Gasteiger partial charge in [-0.15, -0.1) is 0 Å². The van der Waals surface area contributed by atoms with Crippen LogP contribution in [0.25, 0.3) is 6.08 Å². The highest BCUT2D eigenvalue weighted by molar-refractivity contribution is 5.87. The topological polar surface area (TPSA) is 93.1 Å². The number of benzene rings is 2. The Hall–Kier alpha value is -3.28. The number of carboxylic acids is 2. The Morgan fingerprint density at radius 3 is 2.33 bits per heavy atom. The van der Waals surface area contributed by atoms with E-state index in [0.29, 0.717) is 17.9 Å². The fourth-order valence-corrected chi connectivity index (χ4v) is 3.32. The lowest BCUT2D eigenvalue weighted by Crippen LogP contribution is -2.04. The third-order valence-corrected chi connectivity index (χ3v) is 4.90. The Morgan fingerprint density at radius 2 is 1.73 bits per heavy atom. The first-order valence-corrected chi connectivity index (χ1v) is 9.87. The van der Waals surface area contributed by atoms with E-state index in [1.165, 1.54) is 0 Å². The standard InChI is InChI=1S/C24H28O6/c1-29-21-8-5-7-19(23(21)30-2)13-10-17(6-3-4-9-22(25)26)16-18-11-14-20(15-12-18)24(27)28/h5,7-8,10-15,17H,3-4,6,9,16H2,1-2H3,(H,25,26)(H,27,28)/b13-10+. The SMILES string of the molecule is COc1cccc(/C=C/C(CCCCC(=O)O)Cc2ccc(C(=O)O)cc2)c1OC. The smallest absolute Gasteiger partial charge is 0.335 e. The number of rotatable bonds is 12. The molecule has 0 aromatic heterocycles. The quantitative estimate of drug-likeness (QED) is 0.481. The Bertz CT molecular complexity index is 870. The molecule has 6 heteroatoms. The highest BCUT2D eigenvalue weighted by Crippen LogP contribution is 2.32. The summed E-state index contributed by atoms with van der Waals surface area (Å²) in [5.41, 5.74) is 2.19. The molecule has 160 valence electrons. The zero-order chi connectivity index (χ0) is 21.9. The number of aliphatic carboxylic acids is 1. The Balaban J connectivity index is 2.17. The number of ether oxygens (including phenoxy) is 2. The van der Waals surface area contributed by atoms with E-state index >= 15 is 0 Å². The molecule has 0 aliphatic heterocycles. The molecule has 1 unspecified atom stereocenters. The maximum atomic E-state index is 11.1. The van der Waals surface area contributed by atoms with Gasteiger partial charge in [-0.25, -0.2) is 4.79 Å². The van der Waals surface area contributed by atoms with Crippen LogP contribution in [0.3, 0.4) is 0 Å². The van der Waals surface area contributed by atoms with Crippen LogP contribution >= 0.6 is 0 Å². The van der Waals surface area contributed by atoms with E-state index < -0.39 is 11.9 Å². The molecule has 0 saturated carbocycles. The molecule has 0 saturated heterocycles. The van der Waals surface area contributed by atoms with Crippen LogP contribution in [0.4, 0.5) is 0 Å². The van der Waals surface area contributed by atoms with Crippen LogP contribution in [0.5, 0.6) is 11.5 Å². The average molecular weight is 412 g/mol. The molecule has 0 spiro atoms. The number of unbranched alkanes of at least 4 members (excludes halogenated alkanes) is 1. The number of allylic oxidation sites excluding steroid dienone is 1. The second kappa shape index (κ2) is 11.7. The summed E-state index contributed by atoms with van der Waals surface area (Å²) in [4.78, 5) is 21.8. The van der Waals surface area contributed by atoms with Gasteiger partial charge in [0.1, 0.15) is 0 Å². The molecule has 1 atom stereocenters. The molecule has 2 N–H and O–H groups in total. The maximum absolute atomic E-state index is 11.1. The minimum atomic E-state index is -0.947. The van der Waals surface area contributed by atoms with Crippen LogP contribution in [-0.4, -0.2) is 36.4 Å². The second-order valence-corrected chi connectivity index (χ2v) is 7.05. The van der Waals surface area contributed by atoms with Crippen LogP contribution < -0.4 is 9.47 Å². The zero-order valence-electron chi connectivity index (χ0n) is 17.3. The fraction of sp³-hybridized carbons (Fsp3) is 0.333. The predicted octanol–water partition coefficient (Wildman–Crippen LogP) is 4.92. The Kier molecular flexibility index (Phi) is 8.94. The maximum Gasteiger partial charge on any atom is 0.335 e. The summed E-state index contributed by atoms with van der Waals surface area (Å²) < 4.78 is 10.8. The van der Waals surface area contributed by atoms with Crippen molar-refractivity contribution in [2.24, 2.45) is 5.92 Å². The lowest BCUT2D eigenvalue weighted by Gasteiger charge is -2.14. The van der Waals surface area contributed by atoms with Crippen LogP contribution in [0.2, 0.25) is 0 Å². The minimum Gasteiger partial charge on any atom is -0.493 e. The predicted molar refractivity (Wildman–Crippen MR) is 115 cm³/mol. The first-order chi connectivity index (χ1) is 14.4. The molecule has 0 bridgehead atoms. The number of methoxy groups -OCH3 is 2. The van der Waals surface area contributed by atoms with Gasteiger partial charge in [0.2, 0.25) is 0 Å². The van der Waals surface area contributed by atoms with E-state index in [-0.39, 0.29) is 17.9 Å². The van der Waals surface area contributed by atoms with Crippen molar-refractivity contribution in [3.8, 4) is 11.5 Å². The Labute approximate surface area is 176 Å². The monoisotopic (exact) mass is 412 g/mol. The van der Waals surface area contributed by atoms with Gasteiger partial charge in [0.05, 0.1) is 19.8 Å². The van der Waals surface area contributed by atoms with E-state index in [1.54, 1.807) is 26.4 Å². The molecule has 0 aliphatic carbocycles. The van der Waals surface area contributed by atoms with Crippen LogP contribution in [0.1, 0.15) is 47.2 Å². The van der Waals surface area contributed by atoms with Gasteiger partial charge in [-0.3, -0.25) is 4.79 Å². The molecule has 2 aromatic carbocycles. The molecule has 0 aliphatic rings. The molecule has 0 radical (unpaired) electrons. The van der Waals surface area contributed by atoms with Crippen molar-refractivity contribution in [2.75, 3.05) is 14.2 Å². The number of carboxylic acid groups (broad SMARTS) is 2. The third kappa shape index (κ3) is 6.95. The summed E-state index contributed by atoms with van der Waals surface area (Å²) in [6.45, 7) is 0. The largest absolute Gasteiger partial charge is 0.493 e. The van der Waals surface area contributed by atoms with Crippen LogP contribution in [0, 0.1) is 5.92 Å². The average Bonchev–Trinajstić information content (AvgIpc) is 2.74. The van der Waals surface area contributed by atoms with Gasteiger partial charge in [-0.05, 0) is 48.9 Å². The van der Waals surface area contributed by atoms with Gasteiger partial charge < -0.3 is 19.7 Å². The van der Waals surface area contributed by atoms with E-state index in [1.807, 2.05) is 36.4 Å². The van der Waals surface area contributed by atoms with Crippen molar-refractivity contribution in [3.05, 3.63) is 65.2 Å². The fourth-order valence-electron chi connectivity index (χ4n) is 3.32. The zero-order valence-corrected chi connectivity index (χ0v) is 17.3. The lowest BCUT2D eigenvalue weighted by atomic mass is 9.92. The number of hydrogen-bond acceptors (Lipinski definition) is 4. The van der Waals surface area contributed by atoms with Gasteiger partial charge in [0, 0.05) is 12.0 Å². The van der Waals surface area contributed by atoms with Crippen LogP contribution in [-0.2, 0) is 11.2 Å². The molecule has 30 heavy (non-hydrogen) atoms. The number of para-hydroxylation sites is 1. The van der Waals surface area contributed by atoms with E-state index in [0.717, 1.165) is 30.4 Å². The number of hydrogen-bond donors (Lipinski definition) is 2. The van der Waals surface area contributed by atoms with Gasteiger partial charge >= 0.3 is 11.9 Å². The molecule has 2 aromatic rings. The molecule has 2 rings (SSSR count). The number of carbonyl (C=O) groups is 2. The number of aromatic carboxylic acids is 1. The lowest BCUT2D eigenvalue weighted by molar-refractivity contribution is -0.137. The van der Waals surface area contributed by atoms with Gasteiger partial charge in [0.25, 0.3) is 0 Å². The second-order valence-electron chi connectivity index (χ2n) is 7.05. The Morgan fingerprint density at radius 1 is 1.00 bits per heavy atom. The van der Waals surface area contributed by atoms with Crippen molar-refractivity contribution in [1.82, 2.24) is 0 Å². The van der Waals surface area contributed by atoms with Gasteiger partial charge in [0.15, 0.2) is 11.5 Å².